The third-order valence-electron chi connectivity index (χ3n) is 1.61. The van der Waals surface area contributed by atoms with Crippen molar-refractivity contribution in [1.29, 1.82) is 0 Å². The van der Waals surface area contributed by atoms with Gasteiger partial charge in [0.25, 0.3) is 0 Å². The smallest absolute Gasteiger partial charge is 0.0588 e. The third-order valence-corrected chi connectivity index (χ3v) is 1.61. The zero-order valence-corrected chi connectivity index (χ0v) is 5.96. The SMILES string of the molecule is CC(C)(CO)[C@@H](N)CO. The molecule has 4 N–H and O–H groups in total. The van der Waals surface area contributed by atoms with E-state index >= 15 is 0 Å². The van der Waals surface area contributed by atoms with E-state index in [1.54, 1.807) is 0 Å². The standard InChI is InChI=1S/C6H15NO2/c1-6(2,4-9)5(7)3-8/h5,8-9H,3-4,7H2,1-2H3/t5-/m0/s1. The minimum absolute atomic E-state index is 0.00866. The van der Waals surface area contributed by atoms with Gasteiger partial charge in [-0.1, -0.05) is 13.8 Å². The highest BCUT2D eigenvalue weighted by Gasteiger charge is 2.24. The summed E-state index contributed by atoms with van der Waals surface area (Å²) in [6.45, 7) is 3.56. The van der Waals surface area contributed by atoms with E-state index in [-0.39, 0.29) is 24.7 Å². The first-order valence-electron chi connectivity index (χ1n) is 3.02. The van der Waals surface area contributed by atoms with Gasteiger partial charge < -0.3 is 15.9 Å². The molecule has 3 heteroatoms. The number of hydrogen-bond donors (Lipinski definition) is 3. The number of rotatable bonds is 3. The van der Waals surface area contributed by atoms with Crippen LogP contribution in [0.2, 0.25) is 0 Å². The normalized spacial score (nSPS) is 15.7. The van der Waals surface area contributed by atoms with E-state index in [9.17, 15) is 0 Å². The Labute approximate surface area is 55.5 Å². The molecule has 3 nitrogen and oxygen atoms in total. The summed E-state index contributed by atoms with van der Waals surface area (Å²) in [7, 11) is 0. The van der Waals surface area contributed by atoms with Crippen LogP contribution in [0.4, 0.5) is 0 Å². The summed E-state index contributed by atoms with van der Waals surface area (Å²) in [5.74, 6) is 0. The minimum Gasteiger partial charge on any atom is -0.396 e. The maximum atomic E-state index is 8.70. The molecule has 0 spiro atoms. The predicted molar refractivity (Wildman–Crippen MR) is 35.9 cm³/mol. The van der Waals surface area contributed by atoms with Crippen LogP contribution in [0.3, 0.4) is 0 Å². The van der Waals surface area contributed by atoms with Crippen molar-refractivity contribution in [3.05, 3.63) is 0 Å². The van der Waals surface area contributed by atoms with Crippen LogP contribution in [-0.4, -0.2) is 29.5 Å². The molecule has 0 aliphatic rings. The summed E-state index contributed by atoms with van der Waals surface area (Å²) < 4.78 is 0. The monoisotopic (exact) mass is 133 g/mol. The van der Waals surface area contributed by atoms with E-state index in [0.717, 1.165) is 0 Å². The number of aliphatic hydroxyl groups is 2. The van der Waals surface area contributed by atoms with Crippen LogP contribution in [0.25, 0.3) is 0 Å². The molecule has 0 bridgehead atoms. The van der Waals surface area contributed by atoms with Gasteiger partial charge in [-0.25, -0.2) is 0 Å². The molecule has 0 fully saturated rings. The van der Waals surface area contributed by atoms with Gasteiger partial charge in [0.05, 0.1) is 6.61 Å². The molecular weight excluding hydrogens is 118 g/mol. The lowest BCUT2D eigenvalue weighted by Crippen LogP contribution is -2.42. The topological polar surface area (TPSA) is 66.5 Å². The summed E-state index contributed by atoms with van der Waals surface area (Å²) in [5, 5.41) is 17.3. The van der Waals surface area contributed by atoms with Crippen molar-refractivity contribution in [2.75, 3.05) is 13.2 Å². The average Bonchev–Trinajstić information content (AvgIpc) is 1.86. The summed E-state index contributed by atoms with van der Waals surface area (Å²) in [4.78, 5) is 0. The van der Waals surface area contributed by atoms with Crippen molar-refractivity contribution in [2.45, 2.75) is 19.9 Å². The summed E-state index contributed by atoms with van der Waals surface area (Å²) in [6.07, 6.45) is 0. The van der Waals surface area contributed by atoms with E-state index < -0.39 is 0 Å². The molecule has 0 radical (unpaired) electrons. The predicted octanol–water partition coefficient (Wildman–Crippen LogP) is -0.676. The van der Waals surface area contributed by atoms with Gasteiger partial charge in [-0.3, -0.25) is 0 Å². The van der Waals surface area contributed by atoms with Crippen LogP contribution >= 0.6 is 0 Å². The first-order valence-corrected chi connectivity index (χ1v) is 3.02. The Morgan fingerprint density at radius 2 is 1.89 bits per heavy atom. The second kappa shape index (κ2) is 3.15. The van der Waals surface area contributed by atoms with E-state index in [0.29, 0.717) is 0 Å². The number of aliphatic hydroxyl groups excluding tert-OH is 2. The molecule has 0 aromatic carbocycles. The quantitative estimate of drug-likeness (QED) is 0.478. The van der Waals surface area contributed by atoms with Crippen molar-refractivity contribution < 1.29 is 10.2 Å². The van der Waals surface area contributed by atoms with Gasteiger partial charge in [-0.05, 0) is 0 Å². The van der Waals surface area contributed by atoms with Gasteiger partial charge in [0.2, 0.25) is 0 Å². The van der Waals surface area contributed by atoms with Gasteiger partial charge in [0, 0.05) is 18.1 Å². The Balaban J connectivity index is 3.80. The van der Waals surface area contributed by atoms with Gasteiger partial charge in [0.1, 0.15) is 0 Å². The Bertz CT molecular complexity index is 83.1. The molecule has 0 rings (SSSR count). The van der Waals surface area contributed by atoms with E-state index in [2.05, 4.69) is 0 Å². The largest absolute Gasteiger partial charge is 0.396 e. The molecule has 1 atom stereocenters. The highest BCUT2D eigenvalue weighted by atomic mass is 16.3. The fraction of sp³-hybridized carbons (Fsp3) is 1.00. The highest BCUT2D eigenvalue weighted by Crippen LogP contribution is 2.16. The van der Waals surface area contributed by atoms with Gasteiger partial charge in [0.15, 0.2) is 0 Å². The van der Waals surface area contributed by atoms with E-state index in [4.69, 9.17) is 15.9 Å². The summed E-state index contributed by atoms with van der Waals surface area (Å²) in [6, 6.07) is -0.331. The van der Waals surface area contributed by atoms with Crippen molar-refractivity contribution in [1.82, 2.24) is 0 Å². The molecule has 0 aromatic rings. The molecule has 0 aliphatic heterocycles. The van der Waals surface area contributed by atoms with E-state index in [1.165, 1.54) is 0 Å². The zero-order chi connectivity index (χ0) is 7.49. The number of nitrogens with two attached hydrogens (primary N) is 1. The Hall–Kier alpha value is -0.120. The van der Waals surface area contributed by atoms with Crippen LogP contribution in [0.1, 0.15) is 13.8 Å². The van der Waals surface area contributed by atoms with Crippen LogP contribution in [0.15, 0.2) is 0 Å². The second-order valence-corrected chi connectivity index (χ2v) is 2.94. The van der Waals surface area contributed by atoms with Gasteiger partial charge in [-0.15, -0.1) is 0 Å². The lowest BCUT2D eigenvalue weighted by Gasteiger charge is -2.27. The van der Waals surface area contributed by atoms with E-state index in [1.807, 2.05) is 13.8 Å². The molecule has 0 amide bonds. The van der Waals surface area contributed by atoms with Crippen LogP contribution < -0.4 is 5.73 Å². The van der Waals surface area contributed by atoms with Crippen molar-refractivity contribution in [3.8, 4) is 0 Å². The first-order chi connectivity index (χ1) is 4.04. The molecule has 0 unspecified atom stereocenters. The maximum Gasteiger partial charge on any atom is 0.0588 e. The Kier molecular flexibility index (Phi) is 3.11. The molecule has 0 aliphatic carbocycles. The fourth-order valence-electron chi connectivity index (χ4n) is 0.364. The second-order valence-electron chi connectivity index (χ2n) is 2.94. The van der Waals surface area contributed by atoms with Crippen molar-refractivity contribution in [3.63, 3.8) is 0 Å². The highest BCUT2D eigenvalue weighted by molar-refractivity contribution is 4.79. The Morgan fingerprint density at radius 1 is 1.44 bits per heavy atom. The molecule has 0 aromatic heterocycles. The van der Waals surface area contributed by atoms with Gasteiger partial charge in [-0.2, -0.15) is 0 Å². The van der Waals surface area contributed by atoms with Gasteiger partial charge >= 0.3 is 0 Å². The van der Waals surface area contributed by atoms with Crippen LogP contribution in [-0.2, 0) is 0 Å². The van der Waals surface area contributed by atoms with Crippen molar-refractivity contribution in [2.24, 2.45) is 11.1 Å². The first kappa shape index (κ1) is 8.88. The fourth-order valence-corrected chi connectivity index (χ4v) is 0.364. The van der Waals surface area contributed by atoms with Crippen LogP contribution in [0, 0.1) is 5.41 Å². The summed E-state index contributed by atoms with van der Waals surface area (Å²) in [5.41, 5.74) is 5.08. The van der Waals surface area contributed by atoms with Crippen molar-refractivity contribution >= 4 is 0 Å². The Morgan fingerprint density at radius 3 is 2.00 bits per heavy atom. The molecule has 56 valence electrons. The summed E-state index contributed by atoms with van der Waals surface area (Å²) >= 11 is 0. The molecule has 0 saturated heterocycles. The maximum absolute atomic E-state index is 8.70. The molecular formula is C6H15NO2. The lowest BCUT2D eigenvalue weighted by atomic mass is 9.86. The molecule has 0 heterocycles. The molecule has 9 heavy (non-hydrogen) atoms. The zero-order valence-electron chi connectivity index (χ0n) is 5.96. The average molecular weight is 133 g/mol. The third kappa shape index (κ3) is 2.30. The lowest BCUT2D eigenvalue weighted by molar-refractivity contribution is 0.0988. The minimum atomic E-state index is -0.366. The number of hydrogen-bond acceptors (Lipinski definition) is 3. The molecule has 0 saturated carbocycles. The van der Waals surface area contributed by atoms with Crippen LogP contribution in [0.5, 0.6) is 0 Å².